The Morgan fingerprint density at radius 1 is 1.08 bits per heavy atom. The zero-order chi connectivity index (χ0) is 26.5. The Balaban J connectivity index is 1.42. The molecule has 3 aliphatic heterocycles. The van der Waals surface area contributed by atoms with Crippen molar-refractivity contribution >= 4 is 11.8 Å². The maximum Gasteiger partial charge on any atom is 0.254 e. The molecule has 0 spiro atoms. The van der Waals surface area contributed by atoms with E-state index in [1.165, 1.54) is 35.4 Å². The molecule has 0 aliphatic carbocycles. The third-order valence-electron chi connectivity index (χ3n) is 8.18. The van der Waals surface area contributed by atoms with Gasteiger partial charge in [-0.25, -0.2) is 4.39 Å². The van der Waals surface area contributed by atoms with Crippen LogP contribution >= 0.6 is 0 Å². The van der Waals surface area contributed by atoms with Gasteiger partial charge in [0.25, 0.3) is 5.91 Å². The highest BCUT2D eigenvalue weighted by Crippen LogP contribution is 2.29. The van der Waals surface area contributed by atoms with Gasteiger partial charge in [-0.3, -0.25) is 14.5 Å². The molecule has 204 valence electrons. The number of likely N-dealkylation sites (tertiary alicyclic amines) is 1. The van der Waals surface area contributed by atoms with Gasteiger partial charge < -0.3 is 19.9 Å². The minimum Gasteiger partial charge on any atom is -0.377 e. The van der Waals surface area contributed by atoms with Crippen molar-refractivity contribution < 1.29 is 18.7 Å². The van der Waals surface area contributed by atoms with Gasteiger partial charge in [-0.05, 0) is 74.5 Å². The number of halogens is 1. The van der Waals surface area contributed by atoms with E-state index in [1.54, 1.807) is 4.90 Å². The van der Waals surface area contributed by atoms with Crippen LogP contribution in [-0.4, -0.2) is 90.6 Å². The van der Waals surface area contributed by atoms with E-state index in [9.17, 15) is 14.0 Å². The molecular formula is C30H39FN4O3. The lowest BCUT2D eigenvalue weighted by molar-refractivity contribution is -0.135. The lowest BCUT2D eigenvalue weighted by Crippen LogP contribution is -2.48. The van der Waals surface area contributed by atoms with Crippen LogP contribution in [0.15, 0.2) is 48.5 Å². The Kier molecular flexibility index (Phi) is 8.72. The fourth-order valence-corrected chi connectivity index (χ4v) is 5.97. The Bertz CT molecular complexity index is 1100. The van der Waals surface area contributed by atoms with Crippen molar-refractivity contribution in [2.75, 3.05) is 45.9 Å². The molecule has 3 saturated heterocycles. The fraction of sp³-hybridized carbons (Fsp3) is 0.533. The molecule has 0 saturated carbocycles. The van der Waals surface area contributed by atoms with Gasteiger partial charge in [0, 0.05) is 57.5 Å². The molecule has 0 bridgehead atoms. The van der Waals surface area contributed by atoms with Gasteiger partial charge >= 0.3 is 0 Å². The summed E-state index contributed by atoms with van der Waals surface area (Å²) in [5.74, 6) is -0.585. The minimum atomic E-state index is -0.542. The predicted octanol–water partition coefficient (Wildman–Crippen LogP) is 3.22. The molecule has 1 N–H and O–H groups in total. The maximum absolute atomic E-state index is 13.9. The summed E-state index contributed by atoms with van der Waals surface area (Å²) in [5.41, 5.74) is 2.88. The summed E-state index contributed by atoms with van der Waals surface area (Å²) in [6.45, 7) is 7.85. The van der Waals surface area contributed by atoms with Gasteiger partial charge in [0.2, 0.25) is 5.91 Å². The van der Waals surface area contributed by atoms with E-state index in [0.717, 1.165) is 52.0 Å². The summed E-state index contributed by atoms with van der Waals surface area (Å²) in [7, 11) is 0. The number of rotatable bonds is 7. The first-order valence-electron chi connectivity index (χ1n) is 14.0. The van der Waals surface area contributed by atoms with Gasteiger partial charge in [-0.15, -0.1) is 0 Å². The zero-order valence-electron chi connectivity index (χ0n) is 22.3. The third kappa shape index (κ3) is 6.25. The molecular weight excluding hydrogens is 483 g/mol. The summed E-state index contributed by atoms with van der Waals surface area (Å²) in [6, 6.07) is 13.5. The molecule has 7 nitrogen and oxygen atoms in total. The minimum absolute atomic E-state index is 0.0135. The number of ether oxygens (including phenoxy) is 1. The molecule has 3 heterocycles. The van der Waals surface area contributed by atoms with Crippen molar-refractivity contribution in [3.63, 3.8) is 0 Å². The largest absolute Gasteiger partial charge is 0.377 e. The van der Waals surface area contributed by atoms with Gasteiger partial charge in [-0.2, -0.15) is 0 Å². The van der Waals surface area contributed by atoms with Crippen LogP contribution in [0.5, 0.6) is 0 Å². The van der Waals surface area contributed by atoms with Crippen molar-refractivity contribution in [2.24, 2.45) is 0 Å². The maximum atomic E-state index is 13.9. The van der Waals surface area contributed by atoms with Crippen LogP contribution in [-0.2, 0) is 16.1 Å². The predicted molar refractivity (Wildman–Crippen MR) is 144 cm³/mol. The van der Waals surface area contributed by atoms with E-state index < -0.39 is 6.04 Å². The molecule has 3 atom stereocenters. The average Bonchev–Trinajstić information content (AvgIpc) is 3.52. The Morgan fingerprint density at radius 2 is 1.89 bits per heavy atom. The van der Waals surface area contributed by atoms with E-state index in [-0.39, 0.29) is 29.8 Å². The van der Waals surface area contributed by atoms with Crippen LogP contribution in [0, 0.1) is 12.7 Å². The second kappa shape index (κ2) is 12.4. The summed E-state index contributed by atoms with van der Waals surface area (Å²) < 4.78 is 19.6. The quantitative estimate of drug-likeness (QED) is 0.605. The SMILES string of the molecule is Cc1ccccc1CN(CC1CCCO1)C1CC(C(=O)N2CCCNCC2)N(C(=O)c2ccc(F)cc2)C1. The first-order chi connectivity index (χ1) is 18.5. The molecule has 0 aromatic heterocycles. The number of carbonyl (C=O) groups is 2. The molecule has 2 amide bonds. The standard InChI is InChI=1S/C30H39FN4O3/c1-22-6-2-3-7-24(22)19-34(21-27-8-4-17-38-27)26-18-28(30(37)33-15-5-13-32-14-16-33)35(20-26)29(36)23-9-11-25(31)12-10-23/h2-3,6-7,9-12,26-28,32H,4-5,8,13-21H2,1H3. The van der Waals surface area contributed by atoms with E-state index in [1.807, 2.05) is 11.0 Å². The first-order valence-corrected chi connectivity index (χ1v) is 14.0. The van der Waals surface area contributed by atoms with Crippen LogP contribution in [0.1, 0.15) is 47.2 Å². The van der Waals surface area contributed by atoms with Crippen LogP contribution in [0.4, 0.5) is 4.39 Å². The molecule has 8 heteroatoms. The zero-order valence-corrected chi connectivity index (χ0v) is 22.3. The Morgan fingerprint density at radius 3 is 2.66 bits per heavy atom. The molecule has 3 aliphatic rings. The number of hydrogen-bond acceptors (Lipinski definition) is 5. The smallest absolute Gasteiger partial charge is 0.254 e. The van der Waals surface area contributed by atoms with Gasteiger partial charge in [0.1, 0.15) is 11.9 Å². The lowest BCUT2D eigenvalue weighted by atomic mass is 10.0. The molecule has 3 unspecified atom stereocenters. The van der Waals surface area contributed by atoms with Crippen LogP contribution < -0.4 is 5.32 Å². The fourth-order valence-electron chi connectivity index (χ4n) is 5.97. The Hall–Kier alpha value is -2.81. The normalized spacial score (nSPS) is 24.1. The van der Waals surface area contributed by atoms with Crippen LogP contribution in [0.25, 0.3) is 0 Å². The number of amides is 2. The number of carbonyl (C=O) groups excluding carboxylic acids is 2. The molecule has 2 aromatic carbocycles. The average molecular weight is 523 g/mol. The summed E-state index contributed by atoms with van der Waals surface area (Å²) in [6.07, 6.45) is 3.72. The summed E-state index contributed by atoms with van der Waals surface area (Å²) in [4.78, 5) is 33.7. The first kappa shape index (κ1) is 26.8. The molecule has 5 rings (SSSR count). The van der Waals surface area contributed by atoms with Gasteiger partial charge in [-0.1, -0.05) is 24.3 Å². The molecule has 38 heavy (non-hydrogen) atoms. The van der Waals surface area contributed by atoms with Crippen molar-refractivity contribution in [3.8, 4) is 0 Å². The lowest BCUT2D eigenvalue weighted by Gasteiger charge is -2.31. The number of nitrogens with one attached hydrogen (secondary N) is 1. The number of hydrogen-bond donors (Lipinski definition) is 1. The highest BCUT2D eigenvalue weighted by atomic mass is 19.1. The van der Waals surface area contributed by atoms with E-state index in [2.05, 4.69) is 35.3 Å². The number of aryl methyl sites for hydroxylation is 1. The highest BCUT2D eigenvalue weighted by molar-refractivity contribution is 5.98. The topological polar surface area (TPSA) is 65.1 Å². The number of benzene rings is 2. The molecule has 0 radical (unpaired) electrons. The molecule has 3 fully saturated rings. The monoisotopic (exact) mass is 522 g/mol. The van der Waals surface area contributed by atoms with Crippen molar-refractivity contribution in [1.29, 1.82) is 0 Å². The van der Waals surface area contributed by atoms with Crippen LogP contribution in [0.2, 0.25) is 0 Å². The summed E-state index contributed by atoms with van der Waals surface area (Å²) >= 11 is 0. The van der Waals surface area contributed by atoms with Crippen molar-refractivity contribution in [1.82, 2.24) is 20.0 Å². The van der Waals surface area contributed by atoms with Gasteiger partial charge in [0.05, 0.1) is 6.10 Å². The third-order valence-corrected chi connectivity index (χ3v) is 8.18. The highest BCUT2D eigenvalue weighted by Gasteiger charge is 2.44. The molecule has 2 aromatic rings. The van der Waals surface area contributed by atoms with E-state index in [0.29, 0.717) is 31.6 Å². The number of nitrogens with zero attached hydrogens (tertiary/aromatic N) is 3. The van der Waals surface area contributed by atoms with Gasteiger partial charge in [0.15, 0.2) is 0 Å². The van der Waals surface area contributed by atoms with E-state index in [4.69, 9.17) is 4.74 Å². The Labute approximate surface area is 224 Å². The van der Waals surface area contributed by atoms with E-state index >= 15 is 0 Å². The second-order valence-electron chi connectivity index (χ2n) is 10.8. The van der Waals surface area contributed by atoms with Crippen LogP contribution in [0.3, 0.4) is 0 Å². The second-order valence-corrected chi connectivity index (χ2v) is 10.8. The van der Waals surface area contributed by atoms with Crippen molar-refractivity contribution in [3.05, 3.63) is 71.0 Å². The van der Waals surface area contributed by atoms with Crippen molar-refractivity contribution in [2.45, 2.75) is 57.3 Å². The summed E-state index contributed by atoms with van der Waals surface area (Å²) in [5, 5.41) is 3.36.